The highest BCUT2D eigenvalue weighted by Gasteiger charge is 2.22. The molecule has 0 saturated carbocycles. The molecule has 112 valence electrons. The number of hydrogen-bond acceptors (Lipinski definition) is 4. The van der Waals surface area contributed by atoms with Crippen molar-refractivity contribution in [1.82, 2.24) is 5.16 Å². The Morgan fingerprint density at radius 1 is 1.29 bits per heavy atom. The van der Waals surface area contributed by atoms with E-state index in [4.69, 9.17) is 9.26 Å². The molecule has 0 aliphatic heterocycles. The molecule has 0 saturated heterocycles. The van der Waals surface area contributed by atoms with E-state index < -0.39 is 5.60 Å². The molecule has 2 rings (SSSR count). The minimum Gasteiger partial charge on any atom is -0.460 e. The van der Waals surface area contributed by atoms with Crippen LogP contribution in [0.1, 0.15) is 32.0 Å². The number of halogens is 1. The van der Waals surface area contributed by atoms with E-state index in [1.54, 1.807) is 0 Å². The van der Waals surface area contributed by atoms with E-state index in [-0.39, 0.29) is 12.4 Å². The number of rotatable bonds is 3. The zero-order valence-electron chi connectivity index (χ0n) is 12.6. The molecule has 21 heavy (non-hydrogen) atoms. The number of esters is 1. The molecule has 0 bridgehead atoms. The van der Waals surface area contributed by atoms with Gasteiger partial charge < -0.3 is 9.26 Å². The first kappa shape index (κ1) is 15.8. The molecule has 0 unspecified atom stereocenters. The SMILES string of the molecule is Cc1noc(-c2ccc(Br)cc2)c1CC(=O)OC(C)(C)C. The van der Waals surface area contributed by atoms with Crippen LogP contribution in [0.4, 0.5) is 0 Å². The predicted octanol–water partition coefficient (Wildman–Crippen LogP) is 4.30. The van der Waals surface area contributed by atoms with Crippen LogP contribution in [-0.2, 0) is 16.0 Å². The second-order valence-electron chi connectivity index (χ2n) is 5.85. The summed E-state index contributed by atoms with van der Waals surface area (Å²) >= 11 is 3.39. The molecule has 5 heteroatoms. The summed E-state index contributed by atoms with van der Waals surface area (Å²) in [5.74, 6) is 0.332. The first-order valence-corrected chi connectivity index (χ1v) is 7.48. The van der Waals surface area contributed by atoms with Gasteiger partial charge in [-0.2, -0.15) is 0 Å². The third-order valence-corrected chi connectivity index (χ3v) is 3.36. The van der Waals surface area contributed by atoms with Gasteiger partial charge >= 0.3 is 5.97 Å². The number of carbonyl (C=O) groups is 1. The average molecular weight is 352 g/mol. The van der Waals surface area contributed by atoms with Crippen LogP contribution in [0.2, 0.25) is 0 Å². The minimum absolute atomic E-state index is 0.151. The van der Waals surface area contributed by atoms with Crippen molar-refractivity contribution in [3.05, 3.63) is 40.0 Å². The van der Waals surface area contributed by atoms with Crippen LogP contribution in [0.25, 0.3) is 11.3 Å². The molecule has 0 aliphatic carbocycles. The normalized spacial score (nSPS) is 11.5. The highest BCUT2D eigenvalue weighted by Crippen LogP contribution is 2.28. The fourth-order valence-corrected chi connectivity index (χ4v) is 2.21. The summed E-state index contributed by atoms with van der Waals surface area (Å²) in [5, 5.41) is 3.97. The number of benzene rings is 1. The van der Waals surface area contributed by atoms with Crippen molar-refractivity contribution in [3.8, 4) is 11.3 Å². The van der Waals surface area contributed by atoms with Gasteiger partial charge in [-0.05, 0) is 39.8 Å². The summed E-state index contributed by atoms with van der Waals surface area (Å²) in [6.45, 7) is 7.37. The molecule has 4 nitrogen and oxygen atoms in total. The molecule has 0 atom stereocenters. The lowest BCUT2D eigenvalue weighted by molar-refractivity contribution is -0.153. The maximum Gasteiger partial charge on any atom is 0.310 e. The van der Waals surface area contributed by atoms with Crippen molar-refractivity contribution in [2.75, 3.05) is 0 Å². The van der Waals surface area contributed by atoms with Gasteiger partial charge in [-0.15, -0.1) is 0 Å². The zero-order chi connectivity index (χ0) is 15.6. The first-order chi connectivity index (χ1) is 9.76. The fourth-order valence-electron chi connectivity index (χ4n) is 1.95. The van der Waals surface area contributed by atoms with Crippen molar-refractivity contribution < 1.29 is 14.1 Å². The standard InChI is InChI=1S/C16H18BrNO3/c1-10-13(9-14(19)20-16(2,3)4)15(21-18-10)11-5-7-12(17)8-6-11/h5-8H,9H2,1-4H3. The van der Waals surface area contributed by atoms with Crippen LogP contribution in [0, 0.1) is 6.92 Å². The summed E-state index contributed by atoms with van der Waals surface area (Å²) in [4.78, 5) is 12.0. The Labute approximate surface area is 132 Å². The Morgan fingerprint density at radius 3 is 2.48 bits per heavy atom. The van der Waals surface area contributed by atoms with Gasteiger partial charge in [-0.3, -0.25) is 4.79 Å². The van der Waals surface area contributed by atoms with Crippen molar-refractivity contribution in [1.29, 1.82) is 0 Å². The third kappa shape index (κ3) is 4.17. The number of ether oxygens (including phenoxy) is 1. The van der Waals surface area contributed by atoms with Crippen LogP contribution in [-0.4, -0.2) is 16.7 Å². The maximum absolute atomic E-state index is 12.0. The lowest BCUT2D eigenvalue weighted by Gasteiger charge is -2.19. The number of aromatic nitrogens is 1. The van der Waals surface area contributed by atoms with Crippen LogP contribution in [0.3, 0.4) is 0 Å². The van der Waals surface area contributed by atoms with Crippen LogP contribution in [0.5, 0.6) is 0 Å². The predicted molar refractivity (Wildman–Crippen MR) is 83.9 cm³/mol. The molecule has 1 heterocycles. The second-order valence-corrected chi connectivity index (χ2v) is 6.76. The van der Waals surface area contributed by atoms with Gasteiger partial charge in [0.05, 0.1) is 12.1 Å². The van der Waals surface area contributed by atoms with Crippen molar-refractivity contribution in [2.24, 2.45) is 0 Å². The fraction of sp³-hybridized carbons (Fsp3) is 0.375. The highest BCUT2D eigenvalue weighted by molar-refractivity contribution is 9.10. The smallest absolute Gasteiger partial charge is 0.310 e. The molecule has 0 aliphatic rings. The summed E-state index contributed by atoms with van der Waals surface area (Å²) in [7, 11) is 0. The van der Waals surface area contributed by atoms with Gasteiger partial charge in [-0.25, -0.2) is 0 Å². The lowest BCUT2D eigenvalue weighted by atomic mass is 10.0. The molecular weight excluding hydrogens is 334 g/mol. The van der Waals surface area contributed by atoms with E-state index in [2.05, 4.69) is 21.1 Å². The quantitative estimate of drug-likeness (QED) is 0.773. The molecule has 0 amide bonds. The first-order valence-electron chi connectivity index (χ1n) is 6.69. The highest BCUT2D eigenvalue weighted by atomic mass is 79.9. The zero-order valence-corrected chi connectivity index (χ0v) is 14.2. The van der Waals surface area contributed by atoms with Crippen molar-refractivity contribution in [3.63, 3.8) is 0 Å². The monoisotopic (exact) mass is 351 g/mol. The summed E-state index contributed by atoms with van der Waals surface area (Å²) in [5.41, 5.74) is 1.86. The van der Waals surface area contributed by atoms with E-state index in [1.165, 1.54) is 0 Å². The topological polar surface area (TPSA) is 52.3 Å². The maximum atomic E-state index is 12.0. The Kier molecular flexibility index (Phi) is 4.52. The molecule has 0 N–H and O–H groups in total. The van der Waals surface area contributed by atoms with E-state index in [1.807, 2.05) is 52.0 Å². The molecule has 1 aromatic carbocycles. The average Bonchev–Trinajstić information content (AvgIpc) is 2.70. The van der Waals surface area contributed by atoms with Crippen LogP contribution < -0.4 is 0 Å². The van der Waals surface area contributed by atoms with Gasteiger partial charge in [-0.1, -0.05) is 33.2 Å². The Bertz CT molecular complexity index is 639. The number of carbonyl (C=O) groups excluding carboxylic acids is 1. The summed E-state index contributed by atoms with van der Waals surface area (Å²) in [6, 6.07) is 7.68. The molecule has 0 fully saturated rings. The van der Waals surface area contributed by atoms with Crippen LogP contribution >= 0.6 is 15.9 Å². The molecule has 2 aromatic rings. The lowest BCUT2D eigenvalue weighted by Crippen LogP contribution is -2.25. The van der Waals surface area contributed by atoms with Gasteiger partial charge in [0, 0.05) is 15.6 Å². The van der Waals surface area contributed by atoms with E-state index >= 15 is 0 Å². The molecule has 0 spiro atoms. The number of hydrogen-bond donors (Lipinski definition) is 0. The number of aryl methyl sites for hydroxylation is 1. The van der Waals surface area contributed by atoms with Gasteiger partial charge in [0.15, 0.2) is 5.76 Å². The van der Waals surface area contributed by atoms with Crippen LogP contribution in [0.15, 0.2) is 33.3 Å². The van der Waals surface area contributed by atoms with Gasteiger partial charge in [0.25, 0.3) is 0 Å². The largest absolute Gasteiger partial charge is 0.460 e. The molecule has 0 radical (unpaired) electrons. The summed E-state index contributed by atoms with van der Waals surface area (Å²) in [6.07, 6.45) is 0.151. The van der Waals surface area contributed by atoms with E-state index in [0.29, 0.717) is 11.5 Å². The van der Waals surface area contributed by atoms with E-state index in [9.17, 15) is 4.79 Å². The number of nitrogens with zero attached hydrogens (tertiary/aromatic N) is 1. The third-order valence-electron chi connectivity index (χ3n) is 2.83. The minimum atomic E-state index is -0.500. The Morgan fingerprint density at radius 2 is 1.90 bits per heavy atom. The van der Waals surface area contributed by atoms with E-state index in [0.717, 1.165) is 15.6 Å². The second kappa shape index (κ2) is 6.02. The van der Waals surface area contributed by atoms with Crippen molar-refractivity contribution in [2.45, 2.75) is 39.7 Å². The van der Waals surface area contributed by atoms with Gasteiger partial charge in [0.2, 0.25) is 0 Å². The Balaban J connectivity index is 2.26. The molecular formula is C16H18BrNO3. The van der Waals surface area contributed by atoms with Crippen molar-refractivity contribution >= 4 is 21.9 Å². The molecule has 1 aromatic heterocycles. The Hall–Kier alpha value is -1.62. The van der Waals surface area contributed by atoms with Gasteiger partial charge in [0.1, 0.15) is 5.60 Å². The summed E-state index contributed by atoms with van der Waals surface area (Å²) < 4.78 is 11.7.